The van der Waals surface area contributed by atoms with Crippen molar-refractivity contribution < 1.29 is 29.0 Å². The van der Waals surface area contributed by atoms with E-state index in [9.17, 15) is 24.3 Å². The van der Waals surface area contributed by atoms with Crippen LogP contribution in [0.2, 0.25) is 0 Å². The standard InChI is InChI=1S/C33H37N5O6/c1-23-7-9-24(10-8-23)27(22-30(39)40)34-32(42)26-11-12-29(28(21-26)35-31(41)25-5-3-2-4-6-25)36-13-15-37(16-14-36)33(43)38-17-19-44-20-18-38/h2-12,21,27H,13-20,22H2,1H3,(H,34,42)(H,35,41)(H,39,40). The summed E-state index contributed by atoms with van der Waals surface area (Å²) in [5.74, 6) is -1.82. The molecule has 230 valence electrons. The van der Waals surface area contributed by atoms with Crippen LogP contribution in [0.4, 0.5) is 16.2 Å². The zero-order valence-corrected chi connectivity index (χ0v) is 24.7. The van der Waals surface area contributed by atoms with Gasteiger partial charge in [-0.2, -0.15) is 0 Å². The molecular formula is C33H37N5O6. The maximum atomic E-state index is 13.5. The first-order chi connectivity index (χ1) is 21.3. The smallest absolute Gasteiger partial charge is 0.320 e. The minimum Gasteiger partial charge on any atom is -0.481 e. The second-order valence-electron chi connectivity index (χ2n) is 10.9. The molecular weight excluding hydrogens is 562 g/mol. The molecule has 3 aromatic rings. The Kier molecular flexibility index (Phi) is 9.75. The lowest BCUT2D eigenvalue weighted by molar-refractivity contribution is -0.137. The van der Waals surface area contributed by atoms with Crippen LogP contribution >= 0.6 is 0 Å². The molecule has 0 spiro atoms. The van der Waals surface area contributed by atoms with Gasteiger partial charge < -0.3 is 35.2 Å². The largest absolute Gasteiger partial charge is 0.481 e. The van der Waals surface area contributed by atoms with E-state index in [2.05, 4.69) is 15.5 Å². The number of carboxylic acid groups (broad SMARTS) is 1. The summed E-state index contributed by atoms with van der Waals surface area (Å²) in [6.45, 7) is 6.29. The van der Waals surface area contributed by atoms with Crippen LogP contribution in [-0.2, 0) is 9.53 Å². The van der Waals surface area contributed by atoms with E-state index in [0.717, 1.165) is 11.3 Å². The number of anilines is 2. The van der Waals surface area contributed by atoms with E-state index in [1.807, 2.05) is 34.9 Å². The van der Waals surface area contributed by atoms with Gasteiger partial charge in [-0.25, -0.2) is 4.79 Å². The van der Waals surface area contributed by atoms with Gasteiger partial charge in [0.1, 0.15) is 0 Å². The predicted octanol–water partition coefficient (Wildman–Crippen LogP) is 3.77. The maximum Gasteiger partial charge on any atom is 0.320 e. The van der Waals surface area contributed by atoms with Gasteiger partial charge in [-0.15, -0.1) is 0 Å². The number of urea groups is 1. The number of carbonyl (C=O) groups is 4. The van der Waals surface area contributed by atoms with Gasteiger partial charge in [-0.3, -0.25) is 14.4 Å². The molecule has 44 heavy (non-hydrogen) atoms. The van der Waals surface area contributed by atoms with Crippen LogP contribution in [0, 0.1) is 6.92 Å². The number of hydrogen-bond donors (Lipinski definition) is 3. The fourth-order valence-electron chi connectivity index (χ4n) is 5.40. The summed E-state index contributed by atoms with van der Waals surface area (Å²) in [6, 6.07) is 20.5. The number of rotatable bonds is 8. The Morgan fingerprint density at radius 3 is 2.11 bits per heavy atom. The monoisotopic (exact) mass is 599 g/mol. The van der Waals surface area contributed by atoms with Crippen molar-refractivity contribution in [2.75, 3.05) is 62.7 Å². The summed E-state index contributed by atoms with van der Waals surface area (Å²) in [6.07, 6.45) is -0.280. The van der Waals surface area contributed by atoms with Gasteiger partial charge in [0.05, 0.1) is 37.1 Å². The topological polar surface area (TPSA) is 132 Å². The minimum absolute atomic E-state index is 0.00191. The Balaban J connectivity index is 1.36. The zero-order valence-electron chi connectivity index (χ0n) is 24.7. The fourth-order valence-corrected chi connectivity index (χ4v) is 5.40. The Bertz CT molecular complexity index is 1480. The first-order valence-corrected chi connectivity index (χ1v) is 14.7. The molecule has 1 atom stereocenters. The van der Waals surface area contributed by atoms with E-state index in [1.54, 1.807) is 54.6 Å². The Morgan fingerprint density at radius 1 is 0.795 bits per heavy atom. The van der Waals surface area contributed by atoms with Crippen molar-refractivity contribution in [3.8, 4) is 0 Å². The predicted molar refractivity (Wildman–Crippen MR) is 166 cm³/mol. The van der Waals surface area contributed by atoms with E-state index in [0.29, 0.717) is 69.3 Å². The normalized spacial score (nSPS) is 15.8. The number of amides is 4. The summed E-state index contributed by atoms with van der Waals surface area (Å²) < 4.78 is 5.37. The number of hydrogen-bond acceptors (Lipinski definition) is 6. The quantitative estimate of drug-likeness (QED) is 0.359. The summed E-state index contributed by atoms with van der Waals surface area (Å²) in [5, 5.41) is 15.3. The van der Waals surface area contributed by atoms with Crippen molar-refractivity contribution in [3.05, 3.63) is 95.1 Å². The van der Waals surface area contributed by atoms with Gasteiger partial charge >= 0.3 is 12.0 Å². The van der Waals surface area contributed by atoms with Gasteiger partial charge in [-0.1, -0.05) is 48.0 Å². The highest BCUT2D eigenvalue weighted by molar-refractivity contribution is 6.07. The molecule has 0 radical (unpaired) electrons. The van der Waals surface area contributed by atoms with E-state index >= 15 is 0 Å². The van der Waals surface area contributed by atoms with Crippen LogP contribution in [0.15, 0.2) is 72.8 Å². The number of piperazine rings is 1. The van der Waals surface area contributed by atoms with Crippen molar-refractivity contribution in [1.29, 1.82) is 0 Å². The Hall–Kier alpha value is -4.90. The lowest BCUT2D eigenvalue weighted by atomic mass is 10.0. The highest BCUT2D eigenvalue weighted by atomic mass is 16.5. The molecule has 2 fully saturated rings. The minimum atomic E-state index is -1.03. The number of nitrogens with one attached hydrogen (secondary N) is 2. The summed E-state index contributed by atoms with van der Waals surface area (Å²) in [5.41, 5.74) is 3.63. The SMILES string of the molecule is Cc1ccc(C(CC(=O)O)NC(=O)c2ccc(N3CCN(C(=O)N4CCOCC4)CC3)c(NC(=O)c3ccccc3)c2)cc1. The van der Waals surface area contributed by atoms with E-state index in [1.165, 1.54) is 0 Å². The Labute approximate surface area is 256 Å². The van der Waals surface area contributed by atoms with Gasteiger partial charge in [0.15, 0.2) is 0 Å². The van der Waals surface area contributed by atoms with Crippen LogP contribution in [-0.4, -0.2) is 91.2 Å². The van der Waals surface area contributed by atoms with Crippen LogP contribution in [0.5, 0.6) is 0 Å². The molecule has 3 aromatic carbocycles. The number of aliphatic carboxylic acids is 1. The van der Waals surface area contributed by atoms with Crippen LogP contribution in [0.25, 0.3) is 0 Å². The van der Waals surface area contributed by atoms with Gasteiger partial charge in [0.2, 0.25) is 0 Å². The lowest BCUT2D eigenvalue weighted by Crippen LogP contribution is -2.54. The number of morpholine rings is 1. The molecule has 0 saturated carbocycles. The van der Waals surface area contributed by atoms with E-state index < -0.39 is 17.9 Å². The number of benzene rings is 3. The second kappa shape index (κ2) is 14.0. The third kappa shape index (κ3) is 7.54. The lowest BCUT2D eigenvalue weighted by Gasteiger charge is -2.39. The molecule has 1 unspecified atom stereocenters. The van der Waals surface area contributed by atoms with Crippen molar-refractivity contribution in [3.63, 3.8) is 0 Å². The number of carboxylic acids is 1. The molecule has 2 saturated heterocycles. The van der Waals surface area contributed by atoms with Crippen LogP contribution in [0.1, 0.15) is 44.3 Å². The summed E-state index contributed by atoms with van der Waals surface area (Å²) >= 11 is 0. The molecule has 5 rings (SSSR count). The molecule has 2 aliphatic heterocycles. The highest BCUT2D eigenvalue weighted by Crippen LogP contribution is 2.30. The summed E-state index contributed by atoms with van der Waals surface area (Å²) in [7, 11) is 0. The molecule has 2 aliphatic rings. The average molecular weight is 600 g/mol. The second-order valence-corrected chi connectivity index (χ2v) is 10.9. The molecule has 3 N–H and O–H groups in total. The van der Waals surface area contributed by atoms with E-state index in [4.69, 9.17) is 4.74 Å². The maximum absolute atomic E-state index is 13.5. The third-order valence-corrected chi connectivity index (χ3v) is 7.88. The number of nitrogens with zero attached hydrogens (tertiary/aromatic N) is 3. The molecule has 0 aliphatic carbocycles. The number of ether oxygens (including phenoxy) is 1. The van der Waals surface area contributed by atoms with Crippen LogP contribution < -0.4 is 15.5 Å². The highest BCUT2D eigenvalue weighted by Gasteiger charge is 2.28. The Morgan fingerprint density at radius 2 is 1.45 bits per heavy atom. The van der Waals surface area contributed by atoms with E-state index in [-0.39, 0.29) is 23.9 Å². The van der Waals surface area contributed by atoms with Crippen molar-refractivity contribution in [2.24, 2.45) is 0 Å². The zero-order chi connectivity index (χ0) is 31.1. The first kappa shape index (κ1) is 30.6. The molecule has 0 bridgehead atoms. The average Bonchev–Trinajstić information content (AvgIpc) is 3.05. The van der Waals surface area contributed by atoms with Crippen LogP contribution in [0.3, 0.4) is 0 Å². The molecule has 0 aromatic heterocycles. The third-order valence-electron chi connectivity index (χ3n) is 7.88. The number of aryl methyl sites for hydroxylation is 1. The molecule has 4 amide bonds. The van der Waals surface area contributed by atoms with Crippen molar-refractivity contribution in [2.45, 2.75) is 19.4 Å². The van der Waals surface area contributed by atoms with Gasteiger partial charge in [0, 0.05) is 50.4 Å². The fraction of sp³-hybridized carbons (Fsp3) is 0.333. The first-order valence-electron chi connectivity index (χ1n) is 14.7. The molecule has 11 nitrogen and oxygen atoms in total. The van der Waals surface area contributed by atoms with Gasteiger partial charge in [0.25, 0.3) is 11.8 Å². The van der Waals surface area contributed by atoms with Crippen molar-refractivity contribution >= 4 is 35.2 Å². The van der Waals surface area contributed by atoms with Crippen molar-refractivity contribution in [1.82, 2.24) is 15.1 Å². The van der Waals surface area contributed by atoms with Gasteiger partial charge in [-0.05, 0) is 42.8 Å². The molecule has 11 heteroatoms. The number of carbonyl (C=O) groups excluding carboxylic acids is 3. The summed E-state index contributed by atoms with van der Waals surface area (Å²) in [4.78, 5) is 57.0. The molecule has 2 heterocycles.